The number of rotatable bonds is 6. The van der Waals surface area contributed by atoms with Crippen molar-refractivity contribution in [2.75, 3.05) is 18.2 Å². The number of nitrogens with two attached hydrogens (primary N) is 1. The van der Waals surface area contributed by atoms with Crippen molar-refractivity contribution in [3.05, 3.63) is 16.7 Å². The summed E-state index contributed by atoms with van der Waals surface area (Å²) >= 11 is 4.90. The molecule has 0 amide bonds. The average Bonchev–Trinajstić information content (AvgIpc) is 3.17. The van der Waals surface area contributed by atoms with Crippen LogP contribution in [-0.4, -0.2) is 30.9 Å². The SMILES string of the molecule is CSC1(CNS(=O)(=O)c2cc(Br)cnc2NN)CC1. The van der Waals surface area contributed by atoms with Gasteiger partial charge in [0.25, 0.3) is 0 Å². The predicted octanol–water partition coefficient (Wildman–Crippen LogP) is 1.30. The highest BCUT2D eigenvalue weighted by atomic mass is 79.9. The van der Waals surface area contributed by atoms with Crippen LogP contribution in [0.25, 0.3) is 0 Å². The van der Waals surface area contributed by atoms with Crippen LogP contribution in [0.15, 0.2) is 21.6 Å². The molecule has 106 valence electrons. The summed E-state index contributed by atoms with van der Waals surface area (Å²) in [7, 11) is -3.63. The zero-order chi connectivity index (χ0) is 14.1. The molecule has 0 saturated heterocycles. The quantitative estimate of drug-likeness (QED) is 0.518. The minimum Gasteiger partial charge on any atom is -0.307 e. The molecule has 1 saturated carbocycles. The van der Waals surface area contributed by atoms with E-state index in [1.165, 1.54) is 12.3 Å². The van der Waals surface area contributed by atoms with Crippen molar-refractivity contribution in [1.82, 2.24) is 9.71 Å². The molecule has 0 atom stereocenters. The third kappa shape index (κ3) is 3.40. The number of nitrogen functional groups attached to an aromatic ring is 1. The van der Waals surface area contributed by atoms with Crippen molar-refractivity contribution in [3.8, 4) is 0 Å². The van der Waals surface area contributed by atoms with Crippen molar-refractivity contribution in [2.45, 2.75) is 22.5 Å². The van der Waals surface area contributed by atoms with Crippen molar-refractivity contribution < 1.29 is 8.42 Å². The Morgan fingerprint density at radius 2 is 2.26 bits per heavy atom. The Kier molecular flexibility index (Phi) is 4.41. The van der Waals surface area contributed by atoms with Gasteiger partial charge in [-0.05, 0) is 41.1 Å². The lowest BCUT2D eigenvalue weighted by atomic mass is 10.4. The van der Waals surface area contributed by atoms with E-state index in [1.54, 1.807) is 11.8 Å². The lowest BCUT2D eigenvalue weighted by molar-refractivity contribution is 0.579. The van der Waals surface area contributed by atoms with Gasteiger partial charge in [0.2, 0.25) is 10.0 Å². The van der Waals surface area contributed by atoms with Gasteiger partial charge in [0.15, 0.2) is 5.82 Å². The first-order chi connectivity index (χ1) is 8.92. The third-order valence-corrected chi connectivity index (χ3v) is 6.34. The molecule has 0 bridgehead atoms. The van der Waals surface area contributed by atoms with E-state index < -0.39 is 10.0 Å². The molecule has 1 aliphatic carbocycles. The second kappa shape index (κ2) is 5.57. The number of aromatic nitrogens is 1. The molecule has 6 nitrogen and oxygen atoms in total. The maximum atomic E-state index is 12.3. The van der Waals surface area contributed by atoms with Crippen LogP contribution in [0.1, 0.15) is 12.8 Å². The van der Waals surface area contributed by atoms with Crippen LogP contribution in [-0.2, 0) is 10.0 Å². The van der Waals surface area contributed by atoms with E-state index in [0.29, 0.717) is 11.0 Å². The zero-order valence-electron chi connectivity index (χ0n) is 10.3. The number of nitrogens with zero attached hydrogens (tertiary/aromatic N) is 1. The van der Waals surface area contributed by atoms with Gasteiger partial charge >= 0.3 is 0 Å². The molecule has 0 spiro atoms. The Morgan fingerprint density at radius 1 is 1.58 bits per heavy atom. The minimum atomic E-state index is -3.63. The van der Waals surface area contributed by atoms with Crippen LogP contribution in [0, 0.1) is 0 Å². The second-order valence-corrected chi connectivity index (χ2v) is 8.28. The molecule has 1 heterocycles. The summed E-state index contributed by atoms with van der Waals surface area (Å²) < 4.78 is 27.8. The number of pyridine rings is 1. The number of hydrogen-bond acceptors (Lipinski definition) is 6. The highest BCUT2D eigenvalue weighted by Crippen LogP contribution is 2.46. The van der Waals surface area contributed by atoms with Crippen LogP contribution in [0.4, 0.5) is 5.82 Å². The van der Waals surface area contributed by atoms with E-state index in [9.17, 15) is 8.42 Å². The molecule has 9 heteroatoms. The van der Waals surface area contributed by atoms with E-state index in [4.69, 9.17) is 5.84 Å². The fraction of sp³-hybridized carbons (Fsp3) is 0.500. The summed E-state index contributed by atoms with van der Waals surface area (Å²) in [6.07, 6.45) is 5.55. The van der Waals surface area contributed by atoms with Gasteiger partial charge in [-0.2, -0.15) is 11.8 Å². The summed E-state index contributed by atoms with van der Waals surface area (Å²) in [6, 6.07) is 1.48. The molecule has 1 aliphatic rings. The number of thioether (sulfide) groups is 1. The lowest BCUT2D eigenvalue weighted by Gasteiger charge is -2.15. The maximum absolute atomic E-state index is 12.3. The van der Waals surface area contributed by atoms with Gasteiger partial charge in [-0.15, -0.1) is 0 Å². The van der Waals surface area contributed by atoms with Gasteiger partial charge in [-0.1, -0.05) is 0 Å². The van der Waals surface area contributed by atoms with Gasteiger partial charge < -0.3 is 5.43 Å². The molecular formula is C10H15BrN4O2S2. The Labute approximate surface area is 125 Å². The summed E-state index contributed by atoms with van der Waals surface area (Å²) in [5.41, 5.74) is 2.30. The predicted molar refractivity (Wildman–Crippen MR) is 80.4 cm³/mol. The molecule has 19 heavy (non-hydrogen) atoms. The molecule has 0 radical (unpaired) electrons. The zero-order valence-corrected chi connectivity index (χ0v) is 13.5. The van der Waals surface area contributed by atoms with Gasteiger partial charge in [0.05, 0.1) is 0 Å². The largest absolute Gasteiger partial charge is 0.307 e. The number of sulfonamides is 1. The monoisotopic (exact) mass is 366 g/mol. The van der Waals surface area contributed by atoms with Crippen molar-refractivity contribution in [3.63, 3.8) is 0 Å². The number of halogens is 1. The summed E-state index contributed by atoms with van der Waals surface area (Å²) in [6.45, 7) is 0.424. The molecule has 1 aromatic heterocycles. The Bertz CT molecular complexity index is 575. The molecule has 0 unspecified atom stereocenters. The van der Waals surface area contributed by atoms with Crippen LogP contribution in [0.5, 0.6) is 0 Å². The van der Waals surface area contributed by atoms with E-state index >= 15 is 0 Å². The summed E-state index contributed by atoms with van der Waals surface area (Å²) in [4.78, 5) is 3.98. The van der Waals surface area contributed by atoms with Gasteiger partial charge in [0.1, 0.15) is 4.90 Å². The van der Waals surface area contributed by atoms with Crippen LogP contribution in [0.2, 0.25) is 0 Å². The van der Waals surface area contributed by atoms with Crippen LogP contribution >= 0.6 is 27.7 Å². The van der Waals surface area contributed by atoms with Crippen LogP contribution in [0.3, 0.4) is 0 Å². The smallest absolute Gasteiger partial charge is 0.244 e. The Morgan fingerprint density at radius 3 is 2.79 bits per heavy atom. The topological polar surface area (TPSA) is 97.1 Å². The fourth-order valence-electron chi connectivity index (χ4n) is 1.63. The van der Waals surface area contributed by atoms with E-state index in [0.717, 1.165) is 12.8 Å². The summed E-state index contributed by atoms with van der Waals surface area (Å²) in [5, 5.41) is 0. The summed E-state index contributed by atoms with van der Waals surface area (Å²) in [5.74, 6) is 5.42. The maximum Gasteiger partial charge on any atom is 0.244 e. The van der Waals surface area contributed by atoms with Crippen LogP contribution < -0.4 is 16.0 Å². The highest BCUT2D eigenvalue weighted by molar-refractivity contribution is 9.10. The molecule has 0 aliphatic heterocycles. The fourth-order valence-corrected chi connectivity index (χ4v) is 4.20. The molecular weight excluding hydrogens is 352 g/mol. The van der Waals surface area contributed by atoms with Crippen molar-refractivity contribution >= 4 is 43.5 Å². The Hall–Kier alpha value is -0.350. The Balaban J connectivity index is 2.21. The standard InChI is InChI=1S/C10H15BrN4O2S2/c1-18-10(2-3-10)6-14-19(16,17)8-4-7(11)5-13-9(8)15-12/h4-5,14H,2-3,6,12H2,1H3,(H,13,15). The number of nitrogens with one attached hydrogen (secondary N) is 2. The highest BCUT2D eigenvalue weighted by Gasteiger charge is 2.42. The molecule has 1 aromatic rings. The lowest BCUT2D eigenvalue weighted by Crippen LogP contribution is -2.32. The number of hydrogen-bond donors (Lipinski definition) is 3. The average molecular weight is 367 g/mol. The van der Waals surface area contributed by atoms with Crippen molar-refractivity contribution in [2.24, 2.45) is 5.84 Å². The normalized spacial score (nSPS) is 17.2. The van der Waals surface area contributed by atoms with Gasteiger partial charge in [-0.25, -0.2) is 24.0 Å². The number of anilines is 1. The second-order valence-electron chi connectivity index (χ2n) is 4.36. The number of hydrazine groups is 1. The third-order valence-electron chi connectivity index (χ3n) is 3.07. The minimum absolute atomic E-state index is 0.0429. The molecule has 4 N–H and O–H groups in total. The van der Waals surface area contributed by atoms with Gasteiger partial charge in [-0.3, -0.25) is 0 Å². The first-order valence-electron chi connectivity index (χ1n) is 5.59. The van der Waals surface area contributed by atoms with E-state index in [2.05, 4.69) is 31.1 Å². The van der Waals surface area contributed by atoms with E-state index in [1.807, 2.05) is 6.26 Å². The first-order valence-corrected chi connectivity index (χ1v) is 9.09. The molecule has 1 fully saturated rings. The van der Waals surface area contributed by atoms with Gasteiger partial charge in [0, 0.05) is 22.0 Å². The van der Waals surface area contributed by atoms with Crippen molar-refractivity contribution in [1.29, 1.82) is 0 Å². The molecule has 0 aromatic carbocycles. The molecule has 2 rings (SSSR count). The van der Waals surface area contributed by atoms with E-state index in [-0.39, 0.29) is 15.5 Å². The first kappa shape index (κ1) is 15.0.